The molecule has 1 heterocycles. The molecule has 0 aromatic carbocycles. The highest BCUT2D eigenvalue weighted by molar-refractivity contribution is 6.02. The Morgan fingerprint density at radius 2 is 1.96 bits per heavy atom. The first-order valence-corrected chi connectivity index (χ1v) is 9.46. The van der Waals surface area contributed by atoms with Crippen LogP contribution in [0.5, 0.6) is 0 Å². The average molecular weight is 343 g/mol. The van der Waals surface area contributed by atoms with E-state index in [-0.39, 0.29) is 29.9 Å². The highest BCUT2D eigenvalue weighted by atomic mass is 16.5. The summed E-state index contributed by atoms with van der Waals surface area (Å²) in [6, 6.07) is 0.159. The van der Waals surface area contributed by atoms with Gasteiger partial charge in [0.2, 0.25) is 0 Å². The van der Waals surface area contributed by atoms with Crippen molar-refractivity contribution in [2.75, 3.05) is 0 Å². The largest absolute Gasteiger partial charge is 0.489 e. The van der Waals surface area contributed by atoms with Crippen LogP contribution in [-0.2, 0) is 9.53 Å². The van der Waals surface area contributed by atoms with Crippen LogP contribution in [-0.4, -0.2) is 28.9 Å². The topological polar surface area (TPSA) is 98.1 Å². The summed E-state index contributed by atoms with van der Waals surface area (Å²) in [5, 5.41) is 15.8. The maximum absolute atomic E-state index is 11.9. The van der Waals surface area contributed by atoms with Crippen molar-refractivity contribution in [2.24, 2.45) is 23.5 Å². The van der Waals surface area contributed by atoms with Gasteiger partial charge in [0.25, 0.3) is 0 Å². The fourth-order valence-corrected chi connectivity index (χ4v) is 5.16. The molecule has 4 rings (SSSR count). The lowest BCUT2D eigenvalue weighted by molar-refractivity contribution is -0.144. The molecule has 0 spiro atoms. The van der Waals surface area contributed by atoms with Gasteiger partial charge < -0.3 is 15.6 Å². The van der Waals surface area contributed by atoms with Gasteiger partial charge in [-0.05, 0) is 49.7 Å². The van der Waals surface area contributed by atoms with E-state index in [9.17, 15) is 9.90 Å². The zero-order chi connectivity index (χ0) is 17.6. The average Bonchev–Trinajstić information content (AvgIpc) is 2.59. The Morgan fingerprint density at radius 3 is 2.76 bits per heavy atom. The van der Waals surface area contributed by atoms with E-state index in [1.807, 2.05) is 18.2 Å². The molecule has 134 valence electrons. The standard InChI is InChI=1S/C20H26N2O3/c21-11-5-7-15-17(9-11)25-18-10-12(22)6-8-16(18)19(15)13-3-1-2-4-14(13)20(23)24/h5,7,9,12-14,16,18,21H,1-4,6,8,10,22H2,(H,23,24)/p+1. The Kier molecular flexibility index (Phi) is 4.28. The van der Waals surface area contributed by atoms with Gasteiger partial charge in [0.1, 0.15) is 11.9 Å². The monoisotopic (exact) mass is 343 g/mol. The molecule has 2 fully saturated rings. The minimum absolute atomic E-state index is 0.0458. The number of allylic oxidation sites excluding steroid dienone is 3. The summed E-state index contributed by atoms with van der Waals surface area (Å²) in [6.07, 6.45) is 12.5. The van der Waals surface area contributed by atoms with Gasteiger partial charge in [0.15, 0.2) is 5.71 Å². The molecule has 4 aliphatic rings. The molecule has 5 atom stereocenters. The Labute approximate surface area is 148 Å². The minimum atomic E-state index is -0.662. The van der Waals surface area contributed by atoms with E-state index in [0.29, 0.717) is 5.71 Å². The lowest BCUT2D eigenvalue weighted by atomic mass is 9.65. The van der Waals surface area contributed by atoms with Gasteiger partial charge >= 0.3 is 5.97 Å². The van der Waals surface area contributed by atoms with E-state index >= 15 is 0 Å². The van der Waals surface area contributed by atoms with Gasteiger partial charge in [-0.2, -0.15) is 0 Å². The normalized spacial score (nSPS) is 37.7. The first-order valence-electron chi connectivity index (χ1n) is 9.46. The molecule has 2 saturated carbocycles. The third-order valence-electron chi connectivity index (χ3n) is 6.31. The predicted molar refractivity (Wildman–Crippen MR) is 94.5 cm³/mol. The highest BCUT2D eigenvalue weighted by Crippen LogP contribution is 2.49. The van der Waals surface area contributed by atoms with Crippen molar-refractivity contribution in [3.8, 4) is 0 Å². The molecule has 3 aliphatic carbocycles. The molecule has 5 unspecified atom stereocenters. The van der Waals surface area contributed by atoms with E-state index in [2.05, 4.69) is 0 Å². The number of carbonyl (C=O) groups is 1. The molecule has 5 heteroatoms. The van der Waals surface area contributed by atoms with Crippen LogP contribution in [0.15, 0.2) is 35.1 Å². The van der Waals surface area contributed by atoms with Crippen LogP contribution < -0.4 is 11.1 Å². The van der Waals surface area contributed by atoms with Crippen LogP contribution in [0.1, 0.15) is 44.9 Å². The van der Waals surface area contributed by atoms with Gasteiger partial charge in [-0.15, -0.1) is 0 Å². The van der Waals surface area contributed by atoms with Crippen LogP contribution in [0.4, 0.5) is 0 Å². The number of fused-ring (bicyclic) bond motifs is 2. The second-order valence-corrected chi connectivity index (χ2v) is 7.88. The molecule has 0 aromatic rings. The van der Waals surface area contributed by atoms with Crippen molar-refractivity contribution in [3.63, 3.8) is 0 Å². The summed E-state index contributed by atoms with van der Waals surface area (Å²) in [6.45, 7) is 0. The summed E-state index contributed by atoms with van der Waals surface area (Å²) < 4.78 is 6.28. The van der Waals surface area contributed by atoms with Crippen molar-refractivity contribution in [3.05, 3.63) is 35.1 Å². The quantitative estimate of drug-likeness (QED) is 0.705. The van der Waals surface area contributed by atoms with E-state index in [0.717, 1.165) is 56.3 Å². The van der Waals surface area contributed by atoms with Crippen molar-refractivity contribution < 1.29 is 20.0 Å². The van der Waals surface area contributed by atoms with Crippen molar-refractivity contribution in [1.82, 2.24) is 0 Å². The van der Waals surface area contributed by atoms with Crippen molar-refractivity contribution in [2.45, 2.75) is 57.1 Å². The van der Waals surface area contributed by atoms with Crippen molar-refractivity contribution >= 4 is 11.7 Å². The van der Waals surface area contributed by atoms with Crippen LogP contribution in [0.25, 0.3) is 0 Å². The Balaban J connectivity index is 1.80. The zero-order valence-corrected chi connectivity index (χ0v) is 14.5. The number of hydrogen-bond acceptors (Lipinski definition) is 3. The molecule has 0 aromatic heterocycles. The smallest absolute Gasteiger partial charge is 0.307 e. The Hall–Kier alpha value is -1.88. The SMILES string of the molecule is NC1CCC2C(C3CCCCC3C(=O)O)=C3C=CC(=[NH2+])C=C3OC2C1. The second-order valence-electron chi connectivity index (χ2n) is 7.88. The molecule has 0 amide bonds. The molecule has 0 saturated heterocycles. The zero-order valence-electron chi connectivity index (χ0n) is 14.5. The molecule has 5 N–H and O–H groups in total. The maximum Gasteiger partial charge on any atom is 0.307 e. The Bertz CT molecular complexity index is 691. The molecule has 5 nitrogen and oxygen atoms in total. The third-order valence-corrected chi connectivity index (χ3v) is 6.31. The summed E-state index contributed by atoms with van der Waals surface area (Å²) >= 11 is 0. The van der Waals surface area contributed by atoms with Gasteiger partial charge in [0.05, 0.1) is 12.0 Å². The summed E-state index contributed by atoms with van der Waals surface area (Å²) in [7, 11) is 0. The van der Waals surface area contributed by atoms with Gasteiger partial charge in [-0.3, -0.25) is 10.2 Å². The number of ether oxygens (including phenoxy) is 1. The number of aliphatic carboxylic acids is 1. The molecule has 0 bridgehead atoms. The van der Waals surface area contributed by atoms with Crippen LogP contribution >= 0.6 is 0 Å². The summed E-state index contributed by atoms with van der Waals surface area (Å²) in [5.74, 6) is 0.230. The third kappa shape index (κ3) is 2.95. The lowest BCUT2D eigenvalue weighted by Crippen LogP contribution is -2.45. The molecule has 1 aliphatic heterocycles. The van der Waals surface area contributed by atoms with Crippen LogP contribution in [0.3, 0.4) is 0 Å². The summed E-state index contributed by atoms with van der Waals surface area (Å²) in [4.78, 5) is 11.9. The number of hydrogen-bond donors (Lipinski definition) is 3. The summed E-state index contributed by atoms with van der Waals surface area (Å²) in [5.41, 5.74) is 9.23. The first-order chi connectivity index (χ1) is 12.0. The lowest BCUT2D eigenvalue weighted by Gasteiger charge is -2.46. The predicted octanol–water partition coefficient (Wildman–Crippen LogP) is 1.35. The highest BCUT2D eigenvalue weighted by Gasteiger charge is 2.45. The minimum Gasteiger partial charge on any atom is -0.489 e. The van der Waals surface area contributed by atoms with E-state index in [4.69, 9.17) is 15.9 Å². The van der Waals surface area contributed by atoms with Crippen LogP contribution in [0.2, 0.25) is 0 Å². The van der Waals surface area contributed by atoms with Crippen molar-refractivity contribution in [1.29, 1.82) is 0 Å². The van der Waals surface area contributed by atoms with E-state index < -0.39 is 5.97 Å². The molecule has 0 radical (unpaired) electrons. The van der Waals surface area contributed by atoms with E-state index in [1.54, 1.807) is 0 Å². The maximum atomic E-state index is 11.9. The van der Waals surface area contributed by atoms with Gasteiger partial charge in [0, 0.05) is 23.6 Å². The van der Waals surface area contributed by atoms with Crippen LogP contribution in [0, 0.1) is 17.8 Å². The number of nitrogens with two attached hydrogens (primary N) is 2. The fourth-order valence-electron chi connectivity index (χ4n) is 5.16. The number of carboxylic acids is 1. The Morgan fingerprint density at radius 1 is 1.16 bits per heavy atom. The molecule has 25 heavy (non-hydrogen) atoms. The van der Waals surface area contributed by atoms with Gasteiger partial charge in [-0.1, -0.05) is 12.8 Å². The number of rotatable bonds is 2. The fraction of sp³-hybridized carbons (Fsp3) is 0.600. The second kappa shape index (κ2) is 6.45. The first kappa shape index (κ1) is 16.6. The number of carboxylic acid groups (broad SMARTS) is 1. The molecular weight excluding hydrogens is 316 g/mol. The van der Waals surface area contributed by atoms with E-state index in [1.165, 1.54) is 5.57 Å². The molecular formula is C20H27N2O3+. The van der Waals surface area contributed by atoms with Gasteiger partial charge in [-0.25, -0.2) is 0 Å².